The Kier molecular flexibility index (Phi) is 5.16. The second-order valence-electron chi connectivity index (χ2n) is 6.56. The standard InChI is InChI=1S/C19H23FN4O/c1-23(2)18-11-15(9-10-21-18)12-22-19(25)24(17-7-8-17)13-14-3-5-16(20)6-4-14/h3-6,9-11,17H,7-8,12-13H2,1-2H3,(H,22,25). The molecule has 6 heteroatoms. The maximum absolute atomic E-state index is 13.0. The number of amides is 2. The number of pyridine rings is 1. The van der Waals surface area contributed by atoms with Crippen molar-refractivity contribution in [3.8, 4) is 0 Å². The lowest BCUT2D eigenvalue weighted by atomic mass is 10.2. The number of benzene rings is 1. The zero-order chi connectivity index (χ0) is 17.8. The molecule has 0 bridgehead atoms. The van der Waals surface area contributed by atoms with Gasteiger partial charge in [0.15, 0.2) is 0 Å². The van der Waals surface area contributed by atoms with Crippen LogP contribution in [-0.4, -0.2) is 36.1 Å². The summed E-state index contributed by atoms with van der Waals surface area (Å²) in [5.74, 6) is 0.595. The molecule has 0 aliphatic heterocycles. The molecule has 3 rings (SSSR count). The monoisotopic (exact) mass is 342 g/mol. The van der Waals surface area contributed by atoms with Gasteiger partial charge in [0.1, 0.15) is 11.6 Å². The van der Waals surface area contributed by atoms with Crippen molar-refractivity contribution in [1.29, 1.82) is 0 Å². The van der Waals surface area contributed by atoms with Gasteiger partial charge in [0.05, 0.1) is 0 Å². The van der Waals surface area contributed by atoms with E-state index in [1.165, 1.54) is 12.1 Å². The van der Waals surface area contributed by atoms with Gasteiger partial charge in [-0.25, -0.2) is 14.2 Å². The predicted molar refractivity (Wildman–Crippen MR) is 95.8 cm³/mol. The van der Waals surface area contributed by atoms with Crippen LogP contribution < -0.4 is 10.2 Å². The van der Waals surface area contributed by atoms with E-state index in [9.17, 15) is 9.18 Å². The summed E-state index contributed by atoms with van der Waals surface area (Å²) < 4.78 is 13.0. The van der Waals surface area contributed by atoms with E-state index in [1.54, 1.807) is 18.3 Å². The number of nitrogens with one attached hydrogen (secondary N) is 1. The SMILES string of the molecule is CN(C)c1cc(CNC(=O)N(Cc2ccc(F)cc2)C2CC2)ccn1. The van der Waals surface area contributed by atoms with Gasteiger partial charge in [0.2, 0.25) is 0 Å². The number of carbonyl (C=O) groups is 1. The zero-order valence-corrected chi connectivity index (χ0v) is 14.6. The maximum atomic E-state index is 13.0. The normalized spacial score (nSPS) is 13.4. The minimum Gasteiger partial charge on any atom is -0.363 e. The van der Waals surface area contributed by atoms with Crippen LogP contribution in [0, 0.1) is 5.82 Å². The van der Waals surface area contributed by atoms with Crippen LogP contribution in [-0.2, 0) is 13.1 Å². The summed E-state index contributed by atoms with van der Waals surface area (Å²) in [5, 5.41) is 2.98. The Hall–Kier alpha value is -2.63. The topological polar surface area (TPSA) is 48.5 Å². The highest BCUT2D eigenvalue weighted by Gasteiger charge is 2.32. The van der Waals surface area contributed by atoms with Crippen LogP contribution in [0.25, 0.3) is 0 Å². The highest BCUT2D eigenvalue weighted by molar-refractivity contribution is 5.75. The summed E-state index contributed by atoms with van der Waals surface area (Å²) in [6, 6.07) is 10.4. The molecule has 1 N–H and O–H groups in total. The molecule has 1 aromatic heterocycles. The summed E-state index contributed by atoms with van der Waals surface area (Å²) in [4.78, 5) is 20.6. The van der Waals surface area contributed by atoms with E-state index in [-0.39, 0.29) is 17.9 Å². The lowest BCUT2D eigenvalue weighted by molar-refractivity contribution is 0.191. The molecule has 2 aromatic rings. The van der Waals surface area contributed by atoms with Gasteiger partial charge in [-0.15, -0.1) is 0 Å². The second kappa shape index (κ2) is 7.51. The number of urea groups is 1. The van der Waals surface area contributed by atoms with Gasteiger partial charge in [-0.3, -0.25) is 0 Å². The molecule has 0 spiro atoms. The van der Waals surface area contributed by atoms with Gasteiger partial charge in [-0.05, 0) is 48.2 Å². The molecule has 1 aliphatic rings. The first-order chi connectivity index (χ1) is 12.0. The van der Waals surface area contributed by atoms with Gasteiger partial charge in [0.25, 0.3) is 0 Å². The number of nitrogens with zero attached hydrogens (tertiary/aromatic N) is 3. The van der Waals surface area contributed by atoms with Gasteiger partial charge in [0, 0.05) is 39.4 Å². The largest absolute Gasteiger partial charge is 0.363 e. The first-order valence-electron chi connectivity index (χ1n) is 8.44. The fourth-order valence-corrected chi connectivity index (χ4v) is 2.63. The van der Waals surface area contributed by atoms with Gasteiger partial charge in [-0.2, -0.15) is 0 Å². The molecule has 25 heavy (non-hydrogen) atoms. The third-order valence-corrected chi connectivity index (χ3v) is 4.23. The number of hydrogen-bond donors (Lipinski definition) is 1. The molecule has 0 atom stereocenters. The molecular formula is C19H23FN4O. The Balaban J connectivity index is 1.61. The average Bonchev–Trinajstić information content (AvgIpc) is 3.44. The summed E-state index contributed by atoms with van der Waals surface area (Å²) >= 11 is 0. The van der Waals surface area contributed by atoms with Crippen molar-refractivity contribution in [3.63, 3.8) is 0 Å². The van der Waals surface area contributed by atoms with Crippen LogP contribution >= 0.6 is 0 Å². The lowest BCUT2D eigenvalue weighted by Crippen LogP contribution is -2.40. The zero-order valence-electron chi connectivity index (χ0n) is 14.6. The van der Waals surface area contributed by atoms with Crippen molar-refractivity contribution >= 4 is 11.8 Å². The van der Waals surface area contributed by atoms with Crippen molar-refractivity contribution in [2.24, 2.45) is 0 Å². The summed E-state index contributed by atoms with van der Waals surface area (Å²) in [7, 11) is 3.87. The van der Waals surface area contributed by atoms with Crippen molar-refractivity contribution in [1.82, 2.24) is 15.2 Å². The highest BCUT2D eigenvalue weighted by atomic mass is 19.1. The molecule has 5 nitrogen and oxygen atoms in total. The molecule has 1 heterocycles. The number of carbonyl (C=O) groups excluding carboxylic acids is 1. The Bertz CT molecular complexity index is 728. The molecular weight excluding hydrogens is 319 g/mol. The summed E-state index contributed by atoms with van der Waals surface area (Å²) in [5.41, 5.74) is 1.94. The predicted octanol–water partition coefficient (Wildman–Crippen LogP) is 3.16. The number of aromatic nitrogens is 1. The quantitative estimate of drug-likeness (QED) is 0.877. The molecule has 1 fully saturated rings. The van der Waals surface area contributed by atoms with E-state index in [2.05, 4.69) is 10.3 Å². The molecule has 1 aromatic carbocycles. The lowest BCUT2D eigenvalue weighted by Gasteiger charge is -2.23. The van der Waals surface area contributed by atoms with Crippen LogP contribution in [0.2, 0.25) is 0 Å². The first-order valence-corrected chi connectivity index (χ1v) is 8.44. The molecule has 132 valence electrons. The minimum atomic E-state index is -0.263. The number of rotatable bonds is 6. The molecule has 2 amide bonds. The Morgan fingerprint density at radius 2 is 1.92 bits per heavy atom. The van der Waals surface area contributed by atoms with Crippen molar-refractivity contribution in [2.75, 3.05) is 19.0 Å². The van der Waals surface area contributed by atoms with E-state index in [0.29, 0.717) is 13.1 Å². The van der Waals surface area contributed by atoms with Gasteiger partial charge in [-0.1, -0.05) is 12.1 Å². The maximum Gasteiger partial charge on any atom is 0.318 e. The fourth-order valence-electron chi connectivity index (χ4n) is 2.63. The van der Waals surface area contributed by atoms with E-state index < -0.39 is 0 Å². The molecule has 1 aliphatic carbocycles. The number of halogens is 1. The van der Waals surface area contributed by atoms with Crippen molar-refractivity contribution in [3.05, 3.63) is 59.5 Å². The van der Waals surface area contributed by atoms with Crippen LogP contribution in [0.4, 0.5) is 15.0 Å². The fraction of sp³-hybridized carbons (Fsp3) is 0.368. The van der Waals surface area contributed by atoms with Crippen molar-refractivity contribution in [2.45, 2.75) is 32.0 Å². The van der Waals surface area contributed by atoms with E-state index in [4.69, 9.17) is 0 Å². The van der Waals surface area contributed by atoms with Gasteiger partial charge >= 0.3 is 6.03 Å². The molecule has 0 radical (unpaired) electrons. The van der Waals surface area contributed by atoms with E-state index in [0.717, 1.165) is 29.8 Å². The van der Waals surface area contributed by atoms with E-state index >= 15 is 0 Å². The Morgan fingerprint density at radius 3 is 2.56 bits per heavy atom. The second-order valence-corrected chi connectivity index (χ2v) is 6.56. The molecule has 1 saturated carbocycles. The smallest absolute Gasteiger partial charge is 0.318 e. The number of hydrogen-bond acceptors (Lipinski definition) is 3. The molecule has 0 unspecified atom stereocenters. The summed E-state index contributed by atoms with van der Waals surface area (Å²) in [6.45, 7) is 0.949. The number of anilines is 1. The van der Waals surface area contributed by atoms with Crippen molar-refractivity contribution < 1.29 is 9.18 Å². The van der Waals surface area contributed by atoms with Crippen LogP contribution in [0.15, 0.2) is 42.6 Å². The van der Waals surface area contributed by atoms with Crippen LogP contribution in [0.3, 0.4) is 0 Å². The molecule has 0 saturated heterocycles. The Labute approximate surface area is 147 Å². The average molecular weight is 342 g/mol. The summed E-state index contributed by atoms with van der Waals surface area (Å²) in [6.07, 6.45) is 3.79. The van der Waals surface area contributed by atoms with Crippen LogP contribution in [0.5, 0.6) is 0 Å². The Morgan fingerprint density at radius 1 is 1.20 bits per heavy atom. The third kappa shape index (κ3) is 4.68. The third-order valence-electron chi connectivity index (χ3n) is 4.23. The van der Waals surface area contributed by atoms with E-state index in [1.807, 2.05) is 36.0 Å². The first kappa shape index (κ1) is 17.2. The van der Waals surface area contributed by atoms with Crippen LogP contribution in [0.1, 0.15) is 24.0 Å². The van der Waals surface area contributed by atoms with Gasteiger partial charge < -0.3 is 15.1 Å². The highest BCUT2D eigenvalue weighted by Crippen LogP contribution is 2.28. The minimum absolute atomic E-state index is 0.0879.